The summed E-state index contributed by atoms with van der Waals surface area (Å²) in [5, 5.41) is 9.28. The highest BCUT2D eigenvalue weighted by Gasteiger charge is 2.11. The number of aromatic nitrogens is 2. The lowest BCUT2D eigenvalue weighted by Crippen LogP contribution is -2.26. The molecule has 84 valence electrons. The van der Waals surface area contributed by atoms with Crippen LogP contribution >= 0.6 is 11.6 Å². The van der Waals surface area contributed by atoms with Crippen molar-refractivity contribution in [2.75, 3.05) is 24.6 Å². The molecule has 4 nitrogen and oxygen atoms in total. The van der Waals surface area contributed by atoms with Gasteiger partial charge in [-0.15, -0.1) is 0 Å². The van der Waals surface area contributed by atoms with E-state index in [2.05, 4.69) is 14.9 Å². The molecule has 0 bridgehead atoms. The van der Waals surface area contributed by atoms with Crippen molar-refractivity contribution in [3.8, 4) is 0 Å². The second kappa shape index (κ2) is 5.88. The zero-order chi connectivity index (χ0) is 11.3. The highest BCUT2D eigenvalue weighted by molar-refractivity contribution is 6.30. The Morgan fingerprint density at radius 1 is 1.47 bits per heavy atom. The quantitative estimate of drug-likeness (QED) is 0.780. The maximum absolute atomic E-state index is 8.80. The van der Waals surface area contributed by atoms with Crippen molar-refractivity contribution >= 4 is 17.4 Å². The van der Waals surface area contributed by atoms with Crippen LogP contribution in [-0.2, 0) is 0 Å². The molecule has 0 aliphatic carbocycles. The number of hydrogen-bond donors (Lipinski definition) is 1. The molecular formula is C10H16ClN3O. The number of nitrogens with zero attached hydrogens (tertiary/aromatic N) is 3. The van der Waals surface area contributed by atoms with E-state index in [0.29, 0.717) is 5.15 Å². The first kappa shape index (κ1) is 12.2. The van der Waals surface area contributed by atoms with Gasteiger partial charge in [-0.3, -0.25) is 0 Å². The van der Waals surface area contributed by atoms with E-state index in [1.807, 2.05) is 13.8 Å². The molecule has 1 aromatic rings. The molecule has 0 saturated heterocycles. The third-order valence-corrected chi connectivity index (χ3v) is 2.64. The Hall–Kier alpha value is -0.870. The molecule has 0 aromatic carbocycles. The first-order chi connectivity index (χ1) is 7.20. The van der Waals surface area contributed by atoms with Gasteiger partial charge < -0.3 is 10.0 Å². The van der Waals surface area contributed by atoms with Gasteiger partial charge in [0, 0.05) is 25.3 Å². The zero-order valence-electron chi connectivity index (χ0n) is 9.07. The number of rotatable bonds is 5. The molecular weight excluding hydrogens is 214 g/mol. The summed E-state index contributed by atoms with van der Waals surface area (Å²) in [6.45, 7) is 5.76. The van der Waals surface area contributed by atoms with E-state index in [0.717, 1.165) is 30.9 Å². The second-order valence-electron chi connectivity index (χ2n) is 3.27. The third-order valence-electron chi connectivity index (χ3n) is 2.26. The van der Waals surface area contributed by atoms with Crippen molar-refractivity contribution < 1.29 is 5.11 Å². The normalized spacial score (nSPS) is 10.4. The summed E-state index contributed by atoms with van der Waals surface area (Å²) in [5.41, 5.74) is 0.888. The maximum atomic E-state index is 8.80. The minimum atomic E-state index is 0.189. The van der Waals surface area contributed by atoms with Crippen LogP contribution in [0.3, 0.4) is 0 Å². The molecule has 1 heterocycles. The van der Waals surface area contributed by atoms with Crippen LogP contribution in [0.5, 0.6) is 0 Å². The molecule has 0 atom stereocenters. The van der Waals surface area contributed by atoms with Crippen LogP contribution in [-0.4, -0.2) is 34.8 Å². The molecule has 0 aliphatic heterocycles. The molecule has 0 fully saturated rings. The third kappa shape index (κ3) is 3.04. The predicted octanol–water partition coefficient (Wildman–Crippen LogP) is 1.65. The minimum Gasteiger partial charge on any atom is -0.396 e. The number of hydrogen-bond acceptors (Lipinski definition) is 4. The van der Waals surface area contributed by atoms with Gasteiger partial charge in [-0.05, 0) is 20.3 Å². The van der Waals surface area contributed by atoms with Crippen LogP contribution in [0.15, 0.2) is 6.33 Å². The van der Waals surface area contributed by atoms with Crippen LogP contribution in [0.25, 0.3) is 0 Å². The Kier molecular flexibility index (Phi) is 4.78. The molecule has 0 aliphatic rings. The Bertz CT molecular complexity index is 320. The zero-order valence-corrected chi connectivity index (χ0v) is 9.83. The van der Waals surface area contributed by atoms with Gasteiger partial charge in [0.15, 0.2) is 0 Å². The number of anilines is 1. The van der Waals surface area contributed by atoms with Crippen LogP contribution in [0.1, 0.15) is 18.9 Å². The SMILES string of the molecule is CCN(CCCO)c1ncnc(Cl)c1C. The molecule has 1 N–H and O–H groups in total. The lowest BCUT2D eigenvalue weighted by molar-refractivity contribution is 0.289. The van der Waals surface area contributed by atoms with Gasteiger partial charge in [-0.1, -0.05) is 11.6 Å². The Labute approximate surface area is 94.9 Å². The summed E-state index contributed by atoms with van der Waals surface area (Å²) >= 11 is 5.92. The fourth-order valence-electron chi connectivity index (χ4n) is 1.41. The van der Waals surface area contributed by atoms with Crippen molar-refractivity contribution in [2.24, 2.45) is 0 Å². The fraction of sp³-hybridized carbons (Fsp3) is 0.600. The molecule has 0 amide bonds. The van der Waals surface area contributed by atoms with Crippen molar-refractivity contribution in [1.29, 1.82) is 0 Å². The fourth-order valence-corrected chi connectivity index (χ4v) is 1.54. The van der Waals surface area contributed by atoms with Gasteiger partial charge in [-0.2, -0.15) is 0 Å². The summed E-state index contributed by atoms with van der Waals surface area (Å²) in [6.07, 6.45) is 2.20. The number of aliphatic hydroxyl groups excluding tert-OH is 1. The monoisotopic (exact) mass is 229 g/mol. The molecule has 0 radical (unpaired) electrons. The molecule has 0 saturated carbocycles. The van der Waals surface area contributed by atoms with Gasteiger partial charge in [-0.25, -0.2) is 9.97 Å². The lowest BCUT2D eigenvalue weighted by atomic mass is 10.3. The van der Waals surface area contributed by atoms with Crippen LogP contribution < -0.4 is 4.90 Å². The van der Waals surface area contributed by atoms with Crippen molar-refractivity contribution in [3.05, 3.63) is 17.0 Å². The van der Waals surface area contributed by atoms with E-state index in [9.17, 15) is 0 Å². The summed E-state index contributed by atoms with van der Waals surface area (Å²) < 4.78 is 0. The first-order valence-electron chi connectivity index (χ1n) is 5.03. The predicted molar refractivity (Wildman–Crippen MR) is 61.4 cm³/mol. The number of aliphatic hydroxyl groups is 1. The molecule has 1 aromatic heterocycles. The van der Waals surface area contributed by atoms with Gasteiger partial charge in [0.1, 0.15) is 17.3 Å². The summed E-state index contributed by atoms with van der Waals surface area (Å²) in [5.74, 6) is 0.853. The smallest absolute Gasteiger partial charge is 0.137 e. The minimum absolute atomic E-state index is 0.189. The highest BCUT2D eigenvalue weighted by Crippen LogP contribution is 2.21. The van der Waals surface area contributed by atoms with Crippen LogP contribution in [0.4, 0.5) is 5.82 Å². The largest absolute Gasteiger partial charge is 0.396 e. The van der Waals surface area contributed by atoms with Gasteiger partial charge in [0.05, 0.1) is 0 Å². The Balaban J connectivity index is 2.86. The molecule has 5 heteroatoms. The summed E-state index contributed by atoms with van der Waals surface area (Å²) in [4.78, 5) is 10.2. The Morgan fingerprint density at radius 3 is 2.80 bits per heavy atom. The first-order valence-corrected chi connectivity index (χ1v) is 5.41. The van der Waals surface area contributed by atoms with Gasteiger partial charge in [0.2, 0.25) is 0 Å². The second-order valence-corrected chi connectivity index (χ2v) is 3.63. The van der Waals surface area contributed by atoms with E-state index >= 15 is 0 Å². The van der Waals surface area contributed by atoms with E-state index in [1.54, 1.807) is 0 Å². The van der Waals surface area contributed by atoms with Crippen molar-refractivity contribution in [3.63, 3.8) is 0 Å². The van der Waals surface area contributed by atoms with Gasteiger partial charge >= 0.3 is 0 Å². The lowest BCUT2D eigenvalue weighted by Gasteiger charge is -2.23. The highest BCUT2D eigenvalue weighted by atomic mass is 35.5. The summed E-state index contributed by atoms with van der Waals surface area (Å²) in [7, 11) is 0. The van der Waals surface area contributed by atoms with Crippen LogP contribution in [0, 0.1) is 6.92 Å². The topological polar surface area (TPSA) is 49.2 Å². The maximum Gasteiger partial charge on any atom is 0.137 e. The van der Waals surface area contributed by atoms with E-state index in [1.165, 1.54) is 6.33 Å². The summed E-state index contributed by atoms with van der Waals surface area (Å²) in [6, 6.07) is 0. The molecule has 15 heavy (non-hydrogen) atoms. The van der Waals surface area contributed by atoms with Crippen molar-refractivity contribution in [1.82, 2.24) is 9.97 Å². The van der Waals surface area contributed by atoms with Crippen molar-refractivity contribution in [2.45, 2.75) is 20.3 Å². The Morgan fingerprint density at radius 2 is 2.20 bits per heavy atom. The van der Waals surface area contributed by atoms with E-state index in [4.69, 9.17) is 16.7 Å². The molecule has 0 spiro atoms. The average molecular weight is 230 g/mol. The van der Waals surface area contributed by atoms with Gasteiger partial charge in [0.25, 0.3) is 0 Å². The van der Waals surface area contributed by atoms with E-state index in [-0.39, 0.29) is 6.61 Å². The molecule has 1 rings (SSSR count). The standard InChI is InChI=1S/C10H16ClN3O/c1-3-14(5-4-6-15)10-8(2)9(11)12-7-13-10/h7,15H,3-6H2,1-2H3. The average Bonchev–Trinajstić information content (AvgIpc) is 2.25. The van der Waals surface area contributed by atoms with E-state index < -0.39 is 0 Å². The number of halogens is 1. The molecule has 0 unspecified atom stereocenters. The van der Waals surface area contributed by atoms with Crippen LogP contribution in [0.2, 0.25) is 5.15 Å².